The third-order valence-corrected chi connectivity index (χ3v) is 7.82. The first kappa shape index (κ1) is 38.6. The van der Waals surface area contributed by atoms with Crippen LogP contribution in [0.3, 0.4) is 0 Å². The van der Waals surface area contributed by atoms with E-state index in [9.17, 15) is 43.5 Å². The number of carbonyl (C=O) groups excluding carboxylic acids is 8. The summed E-state index contributed by atoms with van der Waals surface area (Å²) >= 11 is 0. The number of nitrogens with zero attached hydrogens (tertiary/aromatic N) is 2. The lowest BCUT2D eigenvalue weighted by Gasteiger charge is -2.43. The van der Waals surface area contributed by atoms with Gasteiger partial charge in [-0.3, -0.25) is 43.3 Å². The second-order valence-corrected chi connectivity index (χ2v) is 11.8. The van der Waals surface area contributed by atoms with Gasteiger partial charge in [0.1, 0.15) is 18.8 Å². The van der Waals surface area contributed by atoms with E-state index in [2.05, 4.69) is 4.99 Å². The first-order valence-electron chi connectivity index (χ1n) is 15.2. The van der Waals surface area contributed by atoms with Crippen molar-refractivity contribution in [1.82, 2.24) is 4.90 Å². The monoisotopic (exact) mass is 700 g/mol. The van der Waals surface area contributed by atoms with E-state index < -0.39 is 121 Å². The fraction of sp³-hybridized carbons (Fsp3) is 0.700. The first-order valence-corrected chi connectivity index (χ1v) is 15.2. The van der Waals surface area contributed by atoms with Crippen LogP contribution in [-0.4, -0.2) is 131 Å². The third kappa shape index (κ3) is 9.01. The van der Waals surface area contributed by atoms with Crippen LogP contribution < -0.4 is 0 Å². The van der Waals surface area contributed by atoms with Gasteiger partial charge in [-0.1, -0.05) is 0 Å². The Morgan fingerprint density at radius 3 is 1.67 bits per heavy atom. The van der Waals surface area contributed by atoms with Gasteiger partial charge in [0.15, 0.2) is 36.1 Å². The smallest absolute Gasteiger partial charge is 0.303 e. The van der Waals surface area contributed by atoms with Crippen LogP contribution >= 0.6 is 0 Å². The first-order chi connectivity index (χ1) is 22.8. The Bertz CT molecular complexity index is 1400. The lowest BCUT2D eigenvalue weighted by atomic mass is 9.79. The Balaban J connectivity index is 2.22. The number of esters is 7. The number of fused-ring (bicyclic) bond motifs is 1. The molecule has 1 amide bonds. The van der Waals surface area contributed by atoms with Gasteiger partial charge in [-0.15, -0.1) is 0 Å². The molecule has 272 valence electrons. The van der Waals surface area contributed by atoms with E-state index in [4.69, 9.17) is 37.9 Å². The van der Waals surface area contributed by atoms with E-state index in [1.54, 1.807) is 0 Å². The Labute approximate surface area is 280 Å². The molecule has 19 heteroatoms. The van der Waals surface area contributed by atoms with Crippen molar-refractivity contribution in [3.8, 4) is 0 Å². The molecule has 19 nitrogen and oxygen atoms in total. The molecule has 1 saturated heterocycles. The molecular formula is C30H40N2O17. The van der Waals surface area contributed by atoms with Gasteiger partial charge in [0.2, 0.25) is 5.91 Å². The zero-order valence-electron chi connectivity index (χ0n) is 28.2. The van der Waals surface area contributed by atoms with E-state index >= 15 is 0 Å². The highest BCUT2D eigenvalue weighted by Gasteiger charge is 2.71. The van der Waals surface area contributed by atoms with Crippen molar-refractivity contribution in [2.75, 3.05) is 13.2 Å². The summed E-state index contributed by atoms with van der Waals surface area (Å²) in [6.45, 7) is 7.35. The van der Waals surface area contributed by atoms with Crippen LogP contribution in [0, 0.1) is 5.92 Å². The number of amides is 1. The van der Waals surface area contributed by atoms with Gasteiger partial charge in [-0.2, -0.15) is 0 Å². The number of ether oxygens (including phenoxy) is 8. The van der Waals surface area contributed by atoms with Gasteiger partial charge < -0.3 is 43.0 Å². The molecule has 3 rings (SSSR count). The minimum absolute atomic E-state index is 0.171. The standard InChI is InChI=1S/C30H40N2O17/c1-12(33)32-27-25(26(47-18(7)39)28(48-19(8)40)30(27,41)11-43-14(3)35)49-29(32)31-21-9-20(10-42-13(2)34)22(44-15(4)36)24(46-17(6)38)23(21)45-16(5)37/h20-28,41H,9-11H2,1-8H3/t20-,21+,22-,23+,24+,25-,26-,27-,28+,30+/m1/s1. The maximum atomic E-state index is 13.3. The second kappa shape index (κ2) is 15.6. The summed E-state index contributed by atoms with van der Waals surface area (Å²) in [6.07, 6.45) is -9.14. The predicted molar refractivity (Wildman–Crippen MR) is 156 cm³/mol. The highest BCUT2D eigenvalue weighted by molar-refractivity contribution is 5.96. The van der Waals surface area contributed by atoms with Crippen molar-refractivity contribution >= 4 is 53.7 Å². The number of rotatable bonds is 10. The average molecular weight is 701 g/mol. The summed E-state index contributed by atoms with van der Waals surface area (Å²) in [4.78, 5) is 103. The molecule has 1 N–H and O–H groups in total. The van der Waals surface area contributed by atoms with E-state index in [-0.39, 0.29) is 13.0 Å². The zero-order valence-corrected chi connectivity index (χ0v) is 28.2. The molecule has 49 heavy (non-hydrogen) atoms. The van der Waals surface area contributed by atoms with Crippen LogP contribution in [0.1, 0.15) is 61.8 Å². The topological polar surface area (TPSA) is 246 Å². The van der Waals surface area contributed by atoms with Crippen LogP contribution in [0.15, 0.2) is 4.99 Å². The quantitative estimate of drug-likeness (QED) is 0.209. The summed E-state index contributed by atoms with van der Waals surface area (Å²) < 4.78 is 43.5. The van der Waals surface area contributed by atoms with Gasteiger partial charge >= 0.3 is 41.8 Å². The Kier molecular flexibility index (Phi) is 12.3. The van der Waals surface area contributed by atoms with Crippen LogP contribution in [-0.2, 0) is 76.3 Å². The van der Waals surface area contributed by atoms with E-state index in [1.807, 2.05) is 0 Å². The maximum Gasteiger partial charge on any atom is 0.303 e. The molecule has 0 bridgehead atoms. The molecule has 2 saturated carbocycles. The number of aliphatic hydroxyl groups is 1. The molecule has 1 heterocycles. The highest BCUT2D eigenvalue weighted by atomic mass is 16.6. The lowest BCUT2D eigenvalue weighted by Crippen LogP contribution is -2.61. The second-order valence-electron chi connectivity index (χ2n) is 11.8. The maximum absolute atomic E-state index is 13.3. The summed E-state index contributed by atoms with van der Waals surface area (Å²) in [5, 5.41) is 12.0. The van der Waals surface area contributed by atoms with Crippen molar-refractivity contribution in [2.45, 2.75) is 116 Å². The highest BCUT2D eigenvalue weighted by Crippen LogP contribution is 2.45. The zero-order chi connectivity index (χ0) is 37.0. The number of carbonyl (C=O) groups is 8. The van der Waals surface area contributed by atoms with Crippen molar-refractivity contribution in [2.24, 2.45) is 10.9 Å². The largest absolute Gasteiger partial charge is 0.465 e. The van der Waals surface area contributed by atoms with Gasteiger partial charge in [-0.05, 0) is 6.42 Å². The number of hydrogen-bond donors (Lipinski definition) is 1. The minimum Gasteiger partial charge on any atom is -0.465 e. The number of hydrogen-bond acceptors (Lipinski definition) is 18. The van der Waals surface area contributed by atoms with E-state index in [0.717, 1.165) is 60.3 Å². The van der Waals surface area contributed by atoms with Gasteiger partial charge in [-0.25, -0.2) is 4.99 Å². The van der Waals surface area contributed by atoms with Gasteiger partial charge in [0.25, 0.3) is 6.02 Å². The molecule has 0 aromatic carbocycles. The molecule has 3 aliphatic rings. The Hall–Kier alpha value is -4.81. The number of aliphatic imine (C=N–C) groups is 1. The summed E-state index contributed by atoms with van der Waals surface area (Å²) in [6, 6.07) is -3.29. The predicted octanol–water partition coefficient (Wildman–Crippen LogP) is -1.12. The summed E-state index contributed by atoms with van der Waals surface area (Å²) in [7, 11) is 0. The fourth-order valence-corrected chi connectivity index (χ4v) is 6.29. The van der Waals surface area contributed by atoms with Gasteiger partial charge in [0.05, 0.1) is 12.6 Å². The normalized spacial score (nSPS) is 32.6. The SMILES string of the molecule is CC(=O)OC[C@H]1C[C@H](N=C2O[C@@H]3[C@@H](OC(C)=O)[C@H](OC(C)=O)[C@](O)(COC(C)=O)[C@@H]3N2C(C)=O)[C@H](OC(C)=O)[C@@H](OC(C)=O)[C@@H]1OC(C)=O. The average Bonchev–Trinajstić information content (AvgIpc) is 3.42. The van der Waals surface area contributed by atoms with Crippen LogP contribution in [0.5, 0.6) is 0 Å². The van der Waals surface area contributed by atoms with Crippen LogP contribution in [0.2, 0.25) is 0 Å². The van der Waals surface area contributed by atoms with Crippen LogP contribution in [0.25, 0.3) is 0 Å². The molecule has 1 aliphatic heterocycles. The van der Waals surface area contributed by atoms with Crippen molar-refractivity contribution < 1.29 is 81.4 Å². The number of amidine groups is 1. The van der Waals surface area contributed by atoms with Crippen molar-refractivity contribution in [3.05, 3.63) is 0 Å². The molecular weight excluding hydrogens is 660 g/mol. The molecule has 0 aromatic heterocycles. The van der Waals surface area contributed by atoms with Crippen molar-refractivity contribution in [1.29, 1.82) is 0 Å². The molecule has 2 aliphatic carbocycles. The van der Waals surface area contributed by atoms with Gasteiger partial charge in [0, 0.05) is 61.3 Å². The molecule has 3 fully saturated rings. The van der Waals surface area contributed by atoms with E-state index in [0.29, 0.717) is 0 Å². The Morgan fingerprint density at radius 2 is 1.18 bits per heavy atom. The molecule has 0 unspecified atom stereocenters. The fourth-order valence-electron chi connectivity index (χ4n) is 6.29. The molecule has 0 spiro atoms. The Morgan fingerprint density at radius 1 is 0.694 bits per heavy atom. The van der Waals surface area contributed by atoms with E-state index in [1.165, 1.54) is 0 Å². The molecule has 0 radical (unpaired) electrons. The summed E-state index contributed by atoms with van der Waals surface area (Å²) in [5.41, 5.74) is -2.43. The molecule has 10 atom stereocenters. The molecule has 0 aromatic rings. The third-order valence-electron chi connectivity index (χ3n) is 7.82. The minimum atomic E-state index is -2.43. The summed E-state index contributed by atoms with van der Waals surface area (Å²) in [5.74, 6) is -7.50. The lowest BCUT2D eigenvalue weighted by molar-refractivity contribution is -0.202. The van der Waals surface area contributed by atoms with Crippen molar-refractivity contribution in [3.63, 3.8) is 0 Å². The van der Waals surface area contributed by atoms with Crippen LogP contribution in [0.4, 0.5) is 0 Å².